The second-order valence-corrected chi connectivity index (χ2v) is 12.8. The van der Waals surface area contributed by atoms with Gasteiger partial charge in [0.2, 0.25) is 5.91 Å². The minimum atomic E-state index is -0.486. The van der Waals surface area contributed by atoms with Gasteiger partial charge in [-0.05, 0) is 87.9 Å². The Bertz CT molecular complexity index is 852. The van der Waals surface area contributed by atoms with Crippen LogP contribution in [0.2, 0.25) is 0 Å². The van der Waals surface area contributed by atoms with E-state index in [4.69, 9.17) is 9.47 Å². The summed E-state index contributed by atoms with van der Waals surface area (Å²) in [6.07, 6.45) is 6.44. The lowest BCUT2D eigenvalue weighted by Crippen LogP contribution is -2.63. The van der Waals surface area contributed by atoms with Crippen molar-refractivity contribution in [3.8, 4) is 0 Å². The highest BCUT2D eigenvalue weighted by atomic mass is 16.6. The van der Waals surface area contributed by atoms with E-state index in [1.165, 1.54) is 39.0 Å². The van der Waals surface area contributed by atoms with Crippen molar-refractivity contribution < 1.29 is 23.9 Å². The van der Waals surface area contributed by atoms with Crippen molar-refractivity contribution in [3.63, 3.8) is 0 Å². The predicted octanol–water partition coefficient (Wildman–Crippen LogP) is 3.81. The van der Waals surface area contributed by atoms with Crippen molar-refractivity contribution in [2.24, 2.45) is 53.3 Å². The summed E-state index contributed by atoms with van der Waals surface area (Å²) in [5.41, 5.74) is -0.401. The van der Waals surface area contributed by atoms with Crippen LogP contribution < -0.4 is 0 Å². The second-order valence-electron chi connectivity index (χ2n) is 12.8. The van der Waals surface area contributed by atoms with Gasteiger partial charge >= 0.3 is 11.9 Å². The normalized spacial score (nSPS) is 48.9. The highest BCUT2D eigenvalue weighted by Gasteiger charge is 2.72. The number of nitrogens with zero attached hydrogens (tertiary/aromatic N) is 1. The maximum Gasteiger partial charge on any atom is 0.310 e. The van der Waals surface area contributed by atoms with Gasteiger partial charge in [-0.1, -0.05) is 13.8 Å². The summed E-state index contributed by atoms with van der Waals surface area (Å²) in [6, 6.07) is -0.0753. The van der Waals surface area contributed by atoms with Gasteiger partial charge in [-0.15, -0.1) is 0 Å². The molecule has 6 aliphatic carbocycles. The number of hydrogen-bond donors (Lipinski definition) is 0. The number of likely N-dealkylation sites (tertiary alicyclic amines) is 1. The van der Waals surface area contributed by atoms with Crippen LogP contribution in [0.5, 0.6) is 0 Å². The van der Waals surface area contributed by atoms with E-state index in [1.807, 2.05) is 18.7 Å². The van der Waals surface area contributed by atoms with Gasteiger partial charge in [0.05, 0.1) is 17.9 Å². The van der Waals surface area contributed by atoms with Gasteiger partial charge in [-0.25, -0.2) is 0 Å². The zero-order chi connectivity index (χ0) is 23.4. The average molecular weight is 458 g/mol. The van der Waals surface area contributed by atoms with Crippen LogP contribution in [-0.2, 0) is 23.9 Å². The summed E-state index contributed by atoms with van der Waals surface area (Å²) in [5.74, 6) is 1.44. The van der Waals surface area contributed by atoms with Crippen molar-refractivity contribution >= 4 is 17.8 Å². The fraction of sp³-hybridized carbons (Fsp3) is 0.889. The molecular formula is C27H39NO5. The number of ether oxygens (including phenoxy) is 2. The molecule has 0 aromatic heterocycles. The molecule has 0 radical (unpaired) electrons. The zero-order valence-corrected chi connectivity index (χ0v) is 20.7. The first-order valence-electron chi connectivity index (χ1n) is 13.4. The first-order valence-corrected chi connectivity index (χ1v) is 13.4. The molecule has 1 aliphatic heterocycles. The molecule has 6 bridgehead atoms. The number of carbonyl (C=O) groups is 3. The first-order chi connectivity index (χ1) is 15.6. The molecule has 33 heavy (non-hydrogen) atoms. The molecule has 182 valence electrons. The Hall–Kier alpha value is -1.59. The molecule has 0 spiro atoms. The summed E-state index contributed by atoms with van der Waals surface area (Å²) in [6.45, 7) is 9.88. The fourth-order valence-electron chi connectivity index (χ4n) is 10.0. The van der Waals surface area contributed by atoms with Gasteiger partial charge in [0.15, 0.2) is 0 Å². The zero-order valence-electron chi connectivity index (χ0n) is 20.7. The minimum absolute atomic E-state index is 0.0213. The molecule has 0 aromatic rings. The summed E-state index contributed by atoms with van der Waals surface area (Å²) in [4.78, 5) is 41.5. The van der Waals surface area contributed by atoms with Gasteiger partial charge in [0.25, 0.3) is 0 Å². The molecule has 6 nitrogen and oxygen atoms in total. The third kappa shape index (κ3) is 2.81. The summed E-state index contributed by atoms with van der Waals surface area (Å²) in [5, 5.41) is 0. The summed E-state index contributed by atoms with van der Waals surface area (Å²) in [7, 11) is 0. The van der Waals surface area contributed by atoms with Crippen molar-refractivity contribution in [1.29, 1.82) is 0 Å². The number of amides is 1. The Morgan fingerprint density at radius 2 is 1.55 bits per heavy atom. The quantitative estimate of drug-likeness (QED) is 0.587. The van der Waals surface area contributed by atoms with Crippen LogP contribution in [-0.4, -0.2) is 46.5 Å². The number of hydrogen-bond acceptors (Lipinski definition) is 5. The van der Waals surface area contributed by atoms with Gasteiger partial charge < -0.3 is 14.4 Å². The van der Waals surface area contributed by atoms with E-state index in [0.717, 1.165) is 18.3 Å². The van der Waals surface area contributed by atoms with Crippen LogP contribution in [0, 0.1) is 53.3 Å². The smallest absolute Gasteiger partial charge is 0.310 e. The van der Waals surface area contributed by atoms with Crippen molar-refractivity contribution in [2.75, 3.05) is 0 Å². The van der Waals surface area contributed by atoms with Crippen LogP contribution in [0.1, 0.15) is 73.1 Å². The largest absolute Gasteiger partial charge is 0.460 e. The van der Waals surface area contributed by atoms with E-state index in [9.17, 15) is 14.4 Å². The van der Waals surface area contributed by atoms with Crippen molar-refractivity contribution in [2.45, 2.75) is 96.9 Å². The lowest BCUT2D eigenvalue weighted by molar-refractivity contribution is -0.231. The maximum absolute atomic E-state index is 14.0. The highest BCUT2D eigenvalue weighted by molar-refractivity contribution is 5.90. The molecule has 1 saturated heterocycles. The first kappa shape index (κ1) is 21.9. The Labute approximate surface area is 197 Å². The molecule has 1 heterocycles. The lowest BCUT2D eigenvalue weighted by Gasteiger charge is -2.62. The van der Waals surface area contributed by atoms with E-state index in [2.05, 4.69) is 13.8 Å². The molecule has 6 unspecified atom stereocenters. The van der Waals surface area contributed by atoms with E-state index in [-0.39, 0.29) is 53.6 Å². The van der Waals surface area contributed by atoms with Crippen LogP contribution in [0.4, 0.5) is 0 Å². The molecule has 7 aliphatic rings. The molecule has 6 saturated carbocycles. The minimum Gasteiger partial charge on any atom is -0.460 e. The summed E-state index contributed by atoms with van der Waals surface area (Å²) < 4.78 is 12.5. The molecule has 0 N–H and O–H groups in total. The lowest BCUT2D eigenvalue weighted by atomic mass is 9.47. The monoisotopic (exact) mass is 457 g/mol. The van der Waals surface area contributed by atoms with Gasteiger partial charge in [-0.2, -0.15) is 0 Å². The third-order valence-electron chi connectivity index (χ3n) is 10.6. The van der Waals surface area contributed by atoms with Crippen LogP contribution in [0.3, 0.4) is 0 Å². The molecule has 7 rings (SSSR count). The number of carbonyl (C=O) groups excluding carboxylic acids is 3. The van der Waals surface area contributed by atoms with Gasteiger partial charge in [-0.3, -0.25) is 14.4 Å². The fourth-order valence-corrected chi connectivity index (χ4v) is 10.0. The average Bonchev–Trinajstić information content (AvgIpc) is 3.32. The molecule has 6 heteroatoms. The van der Waals surface area contributed by atoms with E-state index >= 15 is 0 Å². The Kier molecular flexibility index (Phi) is 4.79. The summed E-state index contributed by atoms with van der Waals surface area (Å²) >= 11 is 0. The number of esters is 2. The van der Waals surface area contributed by atoms with E-state index in [1.54, 1.807) is 0 Å². The Balaban J connectivity index is 1.32. The Morgan fingerprint density at radius 3 is 2.06 bits per heavy atom. The number of fused-ring (bicyclic) bond motifs is 1. The molecule has 1 amide bonds. The molecular weight excluding hydrogens is 418 g/mol. The highest BCUT2D eigenvalue weighted by Crippen LogP contribution is 2.64. The van der Waals surface area contributed by atoms with E-state index in [0.29, 0.717) is 11.8 Å². The van der Waals surface area contributed by atoms with Crippen LogP contribution >= 0.6 is 0 Å². The van der Waals surface area contributed by atoms with Crippen molar-refractivity contribution in [3.05, 3.63) is 0 Å². The Morgan fingerprint density at radius 1 is 0.939 bits per heavy atom. The van der Waals surface area contributed by atoms with Crippen LogP contribution in [0.25, 0.3) is 0 Å². The maximum atomic E-state index is 14.0. The van der Waals surface area contributed by atoms with Crippen LogP contribution in [0.15, 0.2) is 0 Å². The topological polar surface area (TPSA) is 72.9 Å². The molecule has 7 fully saturated rings. The van der Waals surface area contributed by atoms with Crippen molar-refractivity contribution in [1.82, 2.24) is 4.90 Å². The molecule has 0 aromatic carbocycles. The second kappa shape index (κ2) is 7.21. The third-order valence-corrected chi connectivity index (χ3v) is 10.6. The SMILES string of the molecule is CC(=O)OC1C2CC3C(C(=O)N(C(C)C)C31)C2C(=O)OC1(C(C)C)C2CC3CC(C2)CC1C3. The standard InChI is InChI=1S/C27H39NO5/c1-12(2)27(17-7-15-6-16(9-17)10-18(27)8-15)33-26(31)22-20-11-19-21(22)25(30)28(13(3)4)23(19)24(20)32-14(5)29/h12-13,15-24H,6-11H2,1-5H3. The van der Waals surface area contributed by atoms with E-state index < -0.39 is 17.6 Å². The number of rotatable bonds is 5. The van der Waals surface area contributed by atoms with Gasteiger partial charge in [0, 0.05) is 18.9 Å². The predicted molar refractivity (Wildman–Crippen MR) is 121 cm³/mol. The molecule has 6 atom stereocenters. The van der Waals surface area contributed by atoms with Gasteiger partial charge in [0.1, 0.15) is 11.7 Å².